The Balaban J connectivity index is 1.93. The van der Waals surface area contributed by atoms with Gasteiger partial charge in [0, 0.05) is 5.39 Å². The summed E-state index contributed by atoms with van der Waals surface area (Å²) in [5.74, 6) is -0.902. The number of aryl methyl sites for hydroxylation is 1. The lowest BCUT2D eigenvalue weighted by Crippen LogP contribution is -1.99. The molecule has 0 spiro atoms. The van der Waals surface area contributed by atoms with Gasteiger partial charge in [0.15, 0.2) is 0 Å². The number of hydrogen-bond donors (Lipinski definition) is 2. The summed E-state index contributed by atoms with van der Waals surface area (Å²) in [7, 11) is 0. The van der Waals surface area contributed by atoms with Gasteiger partial charge in [-0.1, -0.05) is 36.4 Å². The zero-order chi connectivity index (χ0) is 14.8. The Kier molecular flexibility index (Phi) is 3.28. The van der Waals surface area contributed by atoms with Crippen molar-refractivity contribution in [3.8, 4) is 0 Å². The number of aromatic amines is 1. The predicted octanol–water partition coefficient (Wildman–Crippen LogP) is 3.74. The first kappa shape index (κ1) is 13.1. The number of nitrogens with one attached hydrogen (secondary N) is 1. The van der Waals surface area contributed by atoms with Crippen molar-refractivity contribution in [2.75, 3.05) is 0 Å². The van der Waals surface area contributed by atoms with Crippen molar-refractivity contribution in [1.82, 2.24) is 10.2 Å². The van der Waals surface area contributed by atoms with Crippen LogP contribution in [0.1, 0.15) is 27.2 Å². The topological polar surface area (TPSA) is 66.0 Å². The summed E-state index contributed by atoms with van der Waals surface area (Å²) >= 11 is 0. The van der Waals surface area contributed by atoms with Crippen molar-refractivity contribution in [1.29, 1.82) is 0 Å². The Morgan fingerprint density at radius 3 is 2.76 bits per heavy atom. The molecule has 104 valence electrons. The zero-order valence-electron chi connectivity index (χ0n) is 11.5. The number of carboxylic acids is 1. The normalized spacial score (nSPS) is 11.3. The summed E-state index contributed by atoms with van der Waals surface area (Å²) in [5, 5.41) is 17.3. The Bertz CT molecular complexity index is 847. The van der Waals surface area contributed by atoms with E-state index in [0.29, 0.717) is 5.56 Å². The number of para-hydroxylation sites is 1. The highest BCUT2D eigenvalue weighted by atomic mass is 16.4. The molecule has 4 heteroatoms. The monoisotopic (exact) mass is 278 g/mol. The minimum absolute atomic E-state index is 0.331. The molecule has 0 aliphatic rings. The van der Waals surface area contributed by atoms with Gasteiger partial charge in [0.05, 0.1) is 16.8 Å². The van der Waals surface area contributed by atoms with Gasteiger partial charge in [-0.2, -0.15) is 5.10 Å². The molecule has 1 aromatic heterocycles. The molecule has 3 aromatic rings. The molecule has 2 N–H and O–H groups in total. The molecule has 0 aliphatic carbocycles. The van der Waals surface area contributed by atoms with Gasteiger partial charge in [-0.25, -0.2) is 4.79 Å². The van der Waals surface area contributed by atoms with Crippen molar-refractivity contribution in [3.05, 3.63) is 64.8 Å². The van der Waals surface area contributed by atoms with Crippen LogP contribution in [0.25, 0.3) is 23.1 Å². The number of aromatic nitrogens is 2. The summed E-state index contributed by atoms with van der Waals surface area (Å²) in [6.45, 7) is 1.80. The van der Waals surface area contributed by atoms with Crippen molar-refractivity contribution in [3.63, 3.8) is 0 Å². The van der Waals surface area contributed by atoms with E-state index in [4.69, 9.17) is 5.11 Å². The van der Waals surface area contributed by atoms with Crippen LogP contribution >= 0.6 is 0 Å². The maximum Gasteiger partial charge on any atom is 0.335 e. The summed E-state index contributed by atoms with van der Waals surface area (Å²) < 4.78 is 0. The van der Waals surface area contributed by atoms with E-state index in [0.717, 1.165) is 27.7 Å². The van der Waals surface area contributed by atoms with Crippen LogP contribution in [0, 0.1) is 6.92 Å². The van der Waals surface area contributed by atoms with Crippen LogP contribution in [0.5, 0.6) is 0 Å². The number of carbonyl (C=O) groups is 1. The fourth-order valence-electron chi connectivity index (χ4n) is 2.32. The molecule has 0 atom stereocenters. The van der Waals surface area contributed by atoms with Crippen molar-refractivity contribution >= 4 is 29.0 Å². The Hall–Kier alpha value is -2.88. The van der Waals surface area contributed by atoms with Crippen molar-refractivity contribution in [2.45, 2.75) is 6.92 Å². The minimum atomic E-state index is -0.902. The summed E-state index contributed by atoms with van der Waals surface area (Å²) in [5.41, 5.74) is 3.89. The molecule has 4 nitrogen and oxygen atoms in total. The van der Waals surface area contributed by atoms with Gasteiger partial charge >= 0.3 is 5.97 Å². The first-order valence-electron chi connectivity index (χ1n) is 6.60. The number of carboxylic acid groups (broad SMARTS) is 1. The van der Waals surface area contributed by atoms with Gasteiger partial charge in [0.2, 0.25) is 0 Å². The van der Waals surface area contributed by atoms with E-state index in [1.807, 2.05) is 42.5 Å². The first-order valence-corrected chi connectivity index (χ1v) is 6.60. The molecular formula is C17H14N2O2. The third-order valence-corrected chi connectivity index (χ3v) is 3.41. The standard InChI is InChI=1S/C17H14N2O2/c1-11-10-12(6-8-13(11)17(20)21)7-9-16-14-4-2-3-5-15(14)18-19-16/h2-10H,1H3,(H,18,19)(H,20,21)/b9-7+. The number of H-pyrrole nitrogens is 1. The second kappa shape index (κ2) is 5.25. The predicted molar refractivity (Wildman–Crippen MR) is 83.2 cm³/mol. The molecule has 0 saturated heterocycles. The molecule has 0 aliphatic heterocycles. The van der Waals surface area contributed by atoms with Crippen molar-refractivity contribution < 1.29 is 9.90 Å². The highest BCUT2D eigenvalue weighted by Gasteiger charge is 2.06. The molecule has 0 radical (unpaired) electrons. The third kappa shape index (κ3) is 2.56. The number of fused-ring (bicyclic) bond motifs is 1. The maximum absolute atomic E-state index is 11.0. The Labute approximate surface area is 121 Å². The molecule has 0 fully saturated rings. The number of rotatable bonds is 3. The van der Waals surface area contributed by atoms with Gasteiger partial charge in [0.1, 0.15) is 0 Å². The van der Waals surface area contributed by atoms with Crippen LogP contribution in [0.2, 0.25) is 0 Å². The van der Waals surface area contributed by atoms with Crippen LogP contribution in [0.15, 0.2) is 42.5 Å². The van der Waals surface area contributed by atoms with Crippen molar-refractivity contribution in [2.24, 2.45) is 0 Å². The Morgan fingerprint density at radius 2 is 2.00 bits per heavy atom. The average Bonchev–Trinajstić information content (AvgIpc) is 2.88. The second-order valence-corrected chi connectivity index (χ2v) is 4.87. The number of benzene rings is 2. The SMILES string of the molecule is Cc1cc(/C=C/c2n[nH]c3ccccc23)ccc1C(=O)O. The maximum atomic E-state index is 11.0. The molecule has 21 heavy (non-hydrogen) atoms. The van der Waals surface area contributed by atoms with Gasteiger partial charge in [-0.05, 0) is 36.3 Å². The largest absolute Gasteiger partial charge is 0.478 e. The van der Waals surface area contributed by atoms with E-state index < -0.39 is 5.97 Å². The second-order valence-electron chi connectivity index (χ2n) is 4.87. The van der Waals surface area contributed by atoms with Crippen LogP contribution in [-0.4, -0.2) is 21.3 Å². The smallest absolute Gasteiger partial charge is 0.335 e. The summed E-state index contributed by atoms with van der Waals surface area (Å²) in [4.78, 5) is 11.0. The molecule has 0 unspecified atom stereocenters. The Morgan fingerprint density at radius 1 is 1.19 bits per heavy atom. The molecular weight excluding hydrogens is 264 g/mol. The lowest BCUT2D eigenvalue weighted by molar-refractivity contribution is 0.0696. The minimum Gasteiger partial charge on any atom is -0.478 e. The quantitative estimate of drug-likeness (QED) is 0.767. The summed E-state index contributed by atoms with van der Waals surface area (Å²) in [6.07, 6.45) is 3.86. The number of nitrogens with zero attached hydrogens (tertiary/aromatic N) is 1. The van der Waals surface area contributed by atoms with Crippen LogP contribution in [0.3, 0.4) is 0 Å². The molecule has 0 saturated carbocycles. The van der Waals surface area contributed by atoms with Gasteiger partial charge in [0.25, 0.3) is 0 Å². The first-order chi connectivity index (χ1) is 10.1. The van der Waals surface area contributed by atoms with Gasteiger partial charge in [-0.3, -0.25) is 5.10 Å². The molecule has 1 heterocycles. The fraction of sp³-hybridized carbons (Fsp3) is 0.0588. The van der Waals surface area contributed by atoms with E-state index in [1.165, 1.54) is 0 Å². The highest BCUT2D eigenvalue weighted by Crippen LogP contribution is 2.18. The van der Waals surface area contributed by atoms with E-state index >= 15 is 0 Å². The third-order valence-electron chi connectivity index (χ3n) is 3.41. The molecule has 0 amide bonds. The number of aromatic carboxylic acids is 1. The van der Waals surface area contributed by atoms with E-state index in [1.54, 1.807) is 19.1 Å². The fourth-order valence-corrected chi connectivity index (χ4v) is 2.32. The van der Waals surface area contributed by atoms with Gasteiger partial charge in [-0.15, -0.1) is 0 Å². The lowest BCUT2D eigenvalue weighted by atomic mass is 10.0. The lowest BCUT2D eigenvalue weighted by Gasteiger charge is -2.01. The van der Waals surface area contributed by atoms with E-state index in [9.17, 15) is 4.79 Å². The van der Waals surface area contributed by atoms with Crippen LogP contribution < -0.4 is 0 Å². The highest BCUT2D eigenvalue weighted by molar-refractivity contribution is 5.91. The van der Waals surface area contributed by atoms with E-state index in [-0.39, 0.29) is 0 Å². The molecule has 3 rings (SSSR count). The molecule has 0 bridgehead atoms. The summed E-state index contributed by atoms with van der Waals surface area (Å²) in [6, 6.07) is 13.2. The zero-order valence-corrected chi connectivity index (χ0v) is 11.5. The van der Waals surface area contributed by atoms with Gasteiger partial charge < -0.3 is 5.11 Å². The van der Waals surface area contributed by atoms with Crippen LogP contribution in [-0.2, 0) is 0 Å². The van der Waals surface area contributed by atoms with E-state index in [2.05, 4.69) is 10.2 Å². The molecule has 2 aromatic carbocycles. The average molecular weight is 278 g/mol. The van der Waals surface area contributed by atoms with Crippen LogP contribution in [0.4, 0.5) is 0 Å². The number of hydrogen-bond acceptors (Lipinski definition) is 2.